The molecule has 0 fully saturated rings. The summed E-state index contributed by atoms with van der Waals surface area (Å²) in [4.78, 5) is 15.2. The van der Waals surface area contributed by atoms with E-state index < -0.39 is 0 Å². The molecule has 0 saturated carbocycles. The second-order valence-corrected chi connectivity index (χ2v) is 6.07. The number of pyridine rings is 2. The number of rotatable bonds is 0. The quantitative estimate of drug-likeness (QED) is 0.535. The molecule has 0 radical (unpaired) electrons. The minimum atomic E-state index is -0.299. The van der Waals surface area contributed by atoms with Gasteiger partial charge in [0.05, 0.1) is 10.7 Å². The van der Waals surface area contributed by atoms with E-state index in [-0.39, 0.29) is 5.82 Å². The van der Waals surface area contributed by atoms with E-state index >= 15 is 0 Å². The molecule has 27 heavy (non-hydrogen) atoms. The number of nitrogens with zero attached hydrogens (tertiary/aromatic N) is 4. The van der Waals surface area contributed by atoms with Crippen LogP contribution in [0.1, 0.15) is 22.6 Å². The lowest BCUT2D eigenvalue weighted by Crippen LogP contribution is -1.98. The zero-order valence-electron chi connectivity index (χ0n) is 15.7. The Morgan fingerprint density at radius 1 is 0.852 bits per heavy atom. The van der Waals surface area contributed by atoms with Gasteiger partial charge in [-0.25, -0.2) is 24.3 Å². The van der Waals surface area contributed by atoms with Crippen LogP contribution in [-0.4, -0.2) is 19.9 Å². The Labute approximate surface area is 162 Å². The summed E-state index contributed by atoms with van der Waals surface area (Å²) in [5.41, 5.74) is 18.9. The topological polar surface area (TPSA) is 130 Å². The first-order chi connectivity index (χ1) is 12.6. The van der Waals surface area contributed by atoms with Gasteiger partial charge in [-0.3, -0.25) is 0 Å². The summed E-state index contributed by atoms with van der Waals surface area (Å²) < 4.78 is 12.6. The van der Waals surface area contributed by atoms with E-state index in [9.17, 15) is 4.39 Å². The Morgan fingerprint density at radius 2 is 1.52 bits per heavy atom. The molecule has 3 rings (SSSR count). The van der Waals surface area contributed by atoms with Gasteiger partial charge in [0.2, 0.25) is 0 Å². The maximum absolute atomic E-state index is 12.6. The van der Waals surface area contributed by atoms with Gasteiger partial charge in [-0.15, -0.1) is 0 Å². The number of aryl methyl sites for hydroxylation is 4. The molecule has 7 nitrogen and oxygen atoms in total. The lowest BCUT2D eigenvalue weighted by atomic mass is 10.2. The van der Waals surface area contributed by atoms with Crippen LogP contribution in [0.2, 0.25) is 5.02 Å². The van der Waals surface area contributed by atoms with Crippen molar-refractivity contribution in [1.82, 2.24) is 19.9 Å². The molecule has 0 atom stereocenters. The summed E-state index contributed by atoms with van der Waals surface area (Å²) in [6.45, 7) is 7.06. The summed E-state index contributed by atoms with van der Waals surface area (Å²) in [5, 5.41) is 0.514. The third-order valence-electron chi connectivity index (χ3n) is 3.22. The van der Waals surface area contributed by atoms with Gasteiger partial charge in [-0.2, -0.15) is 0 Å². The number of nitrogens with two attached hydrogens (primary N) is 3. The Morgan fingerprint density at radius 3 is 1.96 bits per heavy atom. The van der Waals surface area contributed by atoms with E-state index in [1.807, 2.05) is 19.9 Å². The number of hydrogen-bond donors (Lipinski definition) is 3. The summed E-state index contributed by atoms with van der Waals surface area (Å²) in [6.07, 6.45) is 1.45. The largest absolute Gasteiger partial charge is 0.384 e. The van der Waals surface area contributed by atoms with Crippen molar-refractivity contribution in [3.8, 4) is 0 Å². The highest BCUT2D eigenvalue weighted by Crippen LogP contribution is 2.14. The highest BCUT2D eigenvalue weighted by molar-refractivity contribution is 6.32. The van der Waals surface area contributed by atoms with Gasteiger partial charge in [0.1, 0.15) is 29.6 Å². The van der Waals surface area contributed by atoms with E-state index in [2.05, 4.69) is 19.9 Å². The van der Waals surface area contributed by atoms with Crippen LogP contribution < -0.4 is 17.2 Å². The minimum Gasteiger partial charge on any atom is -0.384 e. The van der Waals surface area contributed by atoms with Crippen molar-refractivity contribution in [3.05, 3.63) is 64.1 Å². The smallest absolute Gasteiger partial charge is 0.144 e. The van der Waals surface area contributed by atoms with Crippen molar-refractivity contribution in [3.63, 3.8) is 0 Å². The van der Waals surface area contributed by atoms with Gasteiger partial charge in [0, 0.05) is 17.5 Å². The van der Waals surface area contributed by atoms with Crippen molar-refractivity contribution in [2.75, 3.05) is 17.2 Å². The second kappa shape index (κ2) is 10.2. The standard InChI is InChI=1S/C7H9FN2.C6H7ClN2.C5H7N3/c1-4-3-6(8)5(2)10-7(4)9;1-4-2-3-5(7)6(8)9-4;1-4-2-5(6)8-3-7-4/h3H,1-2H3,(H2,9,10);2-3H,1H3,(H2,8,9);2-3H,1H3,(H2,6,7,8). The Hall–Kier alpha value is -3.00. The molecule has 0 spiro atoms. The monoisotopic (exact) mass is 391 g/mol. The molecule has 0 aliphatic carbocycles. The highest BCUT2D eigenvalue weighted by Gasteiger charge is 2.01. The van der Waals surface area contributed by atoms with Gasteiger partial charge < -0.3 is 17.2 Å². The third-order valence-corrected chi connectivity index (χ3v) is 3.54. The predicted octanol–water partition coefficient (Wildman–Crippen LogP) is 3.41. The summed E-state index contributed by atoms with van der Waals surface area (Å²) in [6, 6.07) is 6.66. The first-order valence-corrected chi connectivity index (χ1v) is 8.30. The van der Waals surface area contributed by atoms with E-state index in [0.717, 1.165) is 11.4 Å². The van der Waals surface area contributed by atoms with E-state index in [4.69, 9.17) is 28.8 Å². The molecule has 3 aromatic heterocycles. The molecule has 0 aliphatic heterocycles. The third kappa shape index (κ3) is 7.83. The molecule has 0 aliphatic rings. The first-order valence-electron chi connectivity index (χ1n) is 7.92. The molecule has 9 heteroatoms. The highest BCUT2D eigenvalue weighted by atomic mass is 35.5. The molecule has 6 N–H and O–H groups in total. The Bertz CT molecular complexity index is 835. The van der Waals surface area contributed by atoms with E-state index in [1.54, 1.807) is 26.0 Å². The first kappa shape index (κ1) is 22.0. The molecular weight excluding hydrogens is 369 g/mol. The molecule has 3 aromatic rings. The fourth-order valence-electron chi connectivity index (χ4n) is 1.73. The van der Waals surface area contributed by atoms with Gasteiger partial charge in [0.15, 0.2) is 0 Å². The van der Waals surface area contributed by atoms with Gasteiger partial charge in [-0.05, 0) is 51.5 Å². The van der Waals surface area contributed by atoms with Crippen LogP contribution in [-0.2, 0) is 0 Å². The molecule has 0 unspecified atom stereocenters. The van der Waals surface area contributed by atoms with E-state index in [1.165, 1.54) is 12.4 Å². The van der Waals surface area contributed by atoms with Crippen LogP contribution in [0.4, 0.5) is 21.8 Å². The number of nitrogen functional groups attached to an aromatic ring is 3. The summed E-state index contributed by atoms with van der Waals surface area (Å²) in [7, 11) is 0. The van der Waals surface area contributed by atoms with Crippen molar-refractivity contribution >= 4 is 29.1 Å². The zero-order chi connectivity index (χ0) is 20.6. The van der Waals surface area contributed by atoms with Crippen LogP contribution in [0.15, 0.2) is 30.6 Å². The number of anilines is 3. The predicted molar refractivity (Wildman–Crippen MR) is 108 cm³/mol. The number of halogens is 2. The SMILES string of the molecule is Cc1cc(F)c(C)nc1N.Cc1cc(N)ncn1.Cc1ccc(Cl)c(N)n1. The van der Waals surface area contributed by atoms with Crippen molar-refractivity contribution in [2.24, 2.45) is 0 Å². The maximum Gasteiger partial charge on any atom is 0.144 e. The van der Waals surface area contributed by atoms with Crippen molar-refractivity contribution in [2.45, 2.75) is 27.7 Å². The molecule has 0 saturated heterocycles. The van der Waals surface area contributed by atoms with Gasteiger partial charge >= 0.3 is 0 Å². The average Bonchev–Trinajstić information content (AvgIpc) is 2.58. The fourth-order valence-corrected chi connectivity index (χ4v) is 1.83. The Balaban J connectivity index is 0.000000204. The normalized spacial score (nSPS) is 9.56. The van der Waals surface area contributed by atoms with Gasteiger partial charge in [0.25, 0.3) is 0 Å². The van der Waals surface area contributed by atoms with Crippen LogP contribution in [0, 0.1) is 33.5 Å². The number of aromatic nitrogens is 4. The molecular formula is C18H23ClFN7. The van der Waals surface area contributed by atoms with E-state index in [0.29, 0.717) is 33.7 Å². The molecule has 0 amide bonds. The van der Waals surface area contributed by atoms with Crippen LogP contribution in [0.25, 0.3) is 0 Å². The fraction of sp³-hybridized carbons (Fsp3) is 0.222. The maximum atomic E-state index is 12.6. The van der Waals surface area contributed by atoms with Crippen LogP contribution in [0.3, 0.4) is 0 Å². The van der Waals surface area contributed by atoms with Gasteiger partial charge in [-0.1, -0.05) is 11.6 Å². The van der Waals surface area contributed by atoms with Crippen molar-refractivity contribution in [1.29, 1.82) is 0 Å². The van der Waals surface area contributed by atoms with Crippen molar-refractivity contribution < 1.29 is 4.39 Å². The molecule has 144 valence electrons. The average molecular weight is 392 g/mol. The Kier molecular flexibility index (Phi) is 8.34. The molecule has 0 bridgehead atoms. The lowest BCUT2D eigenvalue weighted by molar-refractivity contribution is 0.609. The van der Waals surface area contributed by atoms with Crippen LogP contribution >= 0.6 is 11.6 Å². The number of hydrogen-bond acceptors (Lipinski definition) is 7. The summed E-state index contributed by atoms with van der Waals surface area (Å²) >= 11 is 5.59. The molecule has 0 aromatic carbocycles. The molecule has 3 heterocycles. The summed E-state index contributed by atoms with van der Waals surface area (Å²) in [5.74, 6) is 1.03. The lowest BCUT2D eigenvalue weighted by Gasteiger charge is -2.00. The second-order valence-electron chi connectivity index (χ2n) is 5.66. The van der Waals surface area contributed by atoms with Crippen LogP contribution in [0.5, 0.6) is 0 Å². The zero-order valence-corrected chi connectivity index (χ0v) is 16.4. The minimum absolute atomic E-state index is 0.299.